The summed E-state index contributed by atoms with van der Waals surface area (Å²) in [6.45, 7) is 1.74. The third-order valence-electron chi connectivity index (χ3n) is 4.26. The second-order valence-corrected chi connectivity index (χ2v) is 7.12. The van der Waals surface area contributed by atoms with Gasteiger partial charge in [0, 0.05) is 17.5 Å². The number of carbonyl (C=O) groups excluding carboxylic acids is 1. The Morgan fingerprint density at radius 1 is 1.07 bits per heavy atom. The van der Waals surface area contributed by atoms with Crippen molar-refractivity contribution in [2.45, 2.75) is 12.8 Å². The van der Waals surface area contributed by atoms with Crippen LogP contribution in [0.3, 0.4) is 0 Å². The molecule has 1 aromatic heterocycles. The minimum Gasteiger partial charge on any atom is -0.486 e. The van der Waals surface area contributed by atoms with Crippen LogP contribution in [0, 0.1) is 0 Å². The van der Waals surface area contributed by atoms with E-state index < -0.39 is 0 Å². The van der Waals surface area contributed by atoms with Crippen LogP contribution < -0.4 is 14.8 Å². The zero-order valence-electron chi connectivity index (χ0n) is 14.8. The molecule has 0 saturated heterocycles. The van der Waals surface area contributed by atoms with Gasteiger partial charge >= 0.3 is 0 Å². The highest BCUT2D eigenvalue weighted by atomic mass is 32.1. The fourth-order valence-electron chi connectivity index (χ4n) is 2.92. The number of aromatic nitrogens is 1. The molecule has 0 atom stereocenters. The van der Waals surface area contributed by atoms with E-state index in [1.807, 2.05) is 53.9 Å². The standard InChI is InChI=1S/C21H20N2O3S/c24-20(13-17-14-27-21(23-17)16-4-2-1-3-5-16)22-9-8-15-6-7-18-19(12-15)26-11-10-25-18/h1-7,12,14H,8-11,13H2,(H,22,24). The molecule has 0 saturated carbocycles. The number of fused-ring (bicyclic) bond motifs is 1. The van der Waals surface area contributed by atoms with Crippen LogP contribution in [-0.2, 0) is 17.6 Å². The number of hydrogen-bond acceptors (Lipinski definition) is 5. The molecule has 1 amide bonds. The number of nitrogens with one attached hydrogen (secondary N) is 1. The first-order chi connectivity index (χ1) is 13.3. The van der Waals surface area contributed by atoms with Gasteiger partial charge in [0.05, 0.1) is 12.1 Å². The van der Waals surface area contributed by atoms with E-state index in [1.54, 1.807) is 11.3 Å². The van der Waals surface area contributed by atoms with Crippen molar-refractivity contribution in [2.24, 2.45) is 0 Å². The van der Waals surface area contributed by atoms with Crippen LogP contribution in [0.4, 0.5) is 0 Å². The monoisotopic (exact) mass is 380 g/mol. The summed E-state index contributed by atoms with van der Waals surface area (Å²) < 4.78 is 11.1. The van der Waals surface area contributed by atoms with E-state index in [9.17, 15) is 4.79 Å². The summed E-state index contributed by atoms with van der Waals surface area (Å²) in [4.78, 5) is 16.8. The molecular formula is C21H20N2O3S. The summed E-state index contributed by atoms with van der Waals surface area (Å²) in [7, 11) is 0. The molecule has 27 heavy (non-hydrogen) atoms. The van der Waals surface area contributed by atoms with Crippen molar-refractivity contribution in [2.75, 3.05) is 19.8 Å². The first-order valence-corrected chi connectivity index (χ1v) is 9.81. The van der Waals surface area contributed by atoms with Crippen LogP contribution in [0.2, 0.25) is 0 Å². The molecule has 3 aromatic rings. The Bertz CT molecular complexity index is 924. The molecular weight excluding hydrogens is 360 g/mol. The topological polar surface area (TPSA) is 60.5 Å². The normalized spacial score (nSPS) is 12.6. The summed E-state index contributed by atoms with van der Waals surface area (Å²) in [6.07, 6.45) is 1.04. The third-order valence-corrected chi connectivity index (χ3v) is 5.20. The van der Waals surface area contributed by atoms with Gasteiger partial charge in [-0.3, -0.25) is 4.79 Å². The Morgan fingerprint density at radius 2 is 1.89 bits per heavy atom. The molecule has 6 heteroatoms. The minimum atomic E-state index is -0.0162. The maximum Gasteiger partial charge on any atom is 0.226 e. The van der Waals surface area contributed by atoms with Crippen molar-refractivity contribution in [1.82, 2.24) is 10.3 Å². The molecule has 138 valence electrons. The van der Waals surface area contributed by atoms with E-state index in [0.717, 1.165) is 39.7 Å². The largest absolute Gasteiger partial charge is 0.486 e. The zero-order valence-corrected chi connectivity index (χ0v) is 15.6. The van der Waals surface area contributed by atoms with Gasteiger partial charge in [-0.15, -0.1) is 11.3 Å². The molecule has 0 radical (unpaired) electrons. The Kier molecular flexibility index (Phi) is 5.34. The van der Waals surface area contributed by atoms with E-state index in [4.69, 9.17) is 9.47 Å². The number of hydrogen-bond donors (Lipinski definition) is 1. The number of benzene rings is 2. The first kappa shape index (κ1) is 17.5. The van der Waals surface area contributed by atoms with Gasteiger partial charge < -0.3 is 14.8 Å². The number of rotatable bonds is 6. The molecule has 0 aliphatic carbocycles. The molecule has 0 spiro atoms. The third kappa shape index (κ3) is 4.46. The Labute approximate surface area is 162 Å². The van der Waals surface area contributed by atoms with Gasteiger partial charge in [0.2, 0.25) is 5.91 Å². The lowest BCUT2D eigenvalue weighted by molar-refractivity contribution is -0.120. The maximum absolute atomic E-state index is 12.2. The average molecular weight is 380 g/mol. The highest BCUT2D eigenvalue weighted by Gasteiger charge is 2.12. The molecule has 2 aromatic carbocycles. The summed E-state index contributed by atoms with van der Waals surface area (Å²) in [5.41, 5.74) is 2.99. The number of ether oxygens (including phenoxy) is 2. The molecule has 5 nitrogen and oxygen atoms in total. The Hall–Kier alpha value is -2.86. The second-order valence-electron chi connectivity index (χ2n) is 6.26. The summed E-state index contributed by atoms with van der Waals surface area (Å²) in [6, 6.07) is 15.9. The summed E-state index contributed by atoms with van der Waals surface area (Å²) >= 11 is 1.56. The maximum atomic E-state index is 12.2. The lowest BCUT2D eigenvalue weighted by Crippen LogP contribution is -2.27. The molecule has 0 fully saturated rings. The molecule has 0 bridgehead atoms. The van der Waals surface area contributed by atoms with Gasteiger partial charge in [0.1, 0.15) is 18.2 Å². The van der Waals surface area contributed by atoms with E-state index in [1.165, 1.54) is 0 Å². The van der Waals surface area contributed by atoms with E-state index >= 15 is 0 Å². The van der Waals surface area contributed by atoms with Crippen LogP contribution in [-0.4, -0.2) is 30.6 Å². The van der Waals surface area contributed by atoms with Crippen molar-refractivity contribution in [3.05, 3.63) is 65.2 Å². The van der Waals surface area contributed by atoms with Gasteiger partial charge in [-0.25, -0.2) is 4.98 Å². The fourth-order valence-corrected chi connectivity index (χ4v) is 3.74. The van der Waals surface area contributed by atoms with Crippen molar-refractivity contribution >= 4 is 17.2 Å². The molecule has 2 heterocycles. The highest BCUT2D eigenvalue weighted by Crippen LogP contribution is 2.30. The smallest absolute Gasteiger partial charge is 0.226 e. The van der Waals surface area contributed by atoms with Gasteiger partial charge in [-0.2, -0.15) is 0 Å². The Morgan fingerprint density at radius 3 is 2.74 bits per heavy atom. The van der Waals surface area contributed by atoms with E-state index in [0.29, 0.717) is 26.2 Å². The molecule has 4 rings (SSSR count). The quantitative estimate of drug-likeness (QED) is 0.711. The van der Waals surface area contributed by atoms with Crippen LogP contribution in [0.15, 0.2) is 53.9 Å². The van der Waals surface area contributed by atoms with Crippen LogP contribution >= 0.6 is 11.3 Å². The lowest BCUT2D eigenvalue weighted by Gasteiger charge is -2.18. The molecule has 1 N–H and O–H groups in total. The SMILES string of the molecule is O=C(Cc1csc(-c2ccccc2)n1)NCCc1ccc2c(c1)OCCO2. The summed E-state index contributed by atoms with van der Waals surface area (Å²) in [5.74, 6) is 1.55. The zero-order chi connectivity index (χ0) is 18.5. The number of carbonyl (C=O) groups is 1. The average Bonchev–Trinajstić information content (AvgIpc) is 3.17. The van der Waals surface area contributed by atoms with Crippen LogP contribution in [0.5, 0.6) is 11.5 Å². The van der Waals surface area contributed by atoms with Gasteiger partial charge in [-0.1, -0.05) is 36.4 Å². The molecule has 0 unspecified atom stereocenters. The second kappa shape index (κ2) is 8.22. The van der Waals surface area contributed by atoms with E-state index in [2.05, 4.69) is 10.3 Å². The van der Waals surface area contributed by atoms with Crippen molar-refractivity contribution in [1.29, 1.82) is 0 Å². The van der Waals surface area contributed by atoms with Crippen molar-refractivity contribution in [3.63, 3.8) is 0 Å². The number of nitrogens with zero attached hydrogens (tertiary/aromatic N) is 1. The van der Waals surface area contributed by atoms with Crippen LogP contribution in [0.25, 0.3) is 10.6 Å². The Balaban J connectivity index is 1.27. The minimum absolute atomic E-state index is 0.0162. The van der Waals surface area contributed by atoms with Gasteiger partial charge in [-0.05, 0) is 24.1 Å². The lowest BCUT2D eigenvalue weighted by atomic mass is 10.1. The van der Waals surface area contributed by atoms with Gasteiger partial charge in [0.25, 0.3) is 0 Å². The van der Waals surface area contributed by atoms with Crippen LogP contribution in [0.1, 0.15) is 11.3 Å². The number of amides is 1. The van der Waals surface area contributed by atoms with E-state index in [-0.39, 0.29) is 5.91 Å². The number of thiazole rings is 1. The fraction of sp³-hybridized carbons (Fsp3) is 0.238. The van der Waals surface area contributed by atoms with Crippen molar-refractivity contribution < 1.29 is 14.3 Å². The first-order valence-electron chi connectivity index (χ1n) is 8.93. The van der Waals surface area contributed by atoms with Crippen molar-refractivity contribution in [3.8, 4) is 22.1 Å². The molecule has 1 aliphatic rings. The van der Waals surface area contributed by atoms with Gasteiger partial charge in [0.15, 0.2) is 11.5 Å². The predicted octanol–water partition coefficient (Wildman–Crippen LogP) is 3.48. The predicted molar refractivity (Wildman–Crippen MR) is 105 cm³/mol. The highest BCUT2D eigenvalue weighted by molar-refractivity contribution is 7.13. The molecule has 1 aliphatic heterocycles. The summed E-state index contributed by atoms with van der Waals surface area (Å²) in [5, 5.41) is 5.85.